The van der Waals surface area contributed by atoms with Gasteiger partial charge in [-0.15, -0.1) is 0 Å². The highest BCUT2D eigenvalue weighted by atomic mass is 35.6. The van der Waals surface area contributed by atoms with Crippen LogP contribution >= 0.6 is 34.8 Å². The fraction of sp³-hybridized carbons (Fsp3) is 0.233. The summed E-state index contributed by atoms with van der Waals surface area (Å²) in [6.07, 6.45) is 7.87. The number of carbonyl (C=O) groups excluding carboxylic acids is 2. The predicted octanol–water partition coefficient (Wildman–Crippen LogP) is 6.49. The van der Waals surface area contributed by atoms with Gasteiger partial charge in [0.15, 0.2) is 0 Å². The molecule has 1 aliphatic heterocycles. The van der Waals surface area contributed by atoms with Gasteiger partial charge in [-0.3, -0.25) is 0 Å². The highest BCUT2D eigenvalue weighted by Gasteiger charge is 2.38. The molecule has 0 saturated heterocycles. The number of carbonyl (C=O) groups is 2. The van der Waals surface area contributed by atoms with Gasteiger partial charge >= 0.3 is 11.9 Å². The molecule has 7 nitrogen and oxygen atoms in total. The smallest absolute Gasteiger partial charge is 0.337 e. The summed E-state index contributed by atoms with van der Waals surface area (Å²) in [4.78, 5) is 33.6. The average molecular weight is 601 g/mol. The van der Waals surface area contributed by atoms with E-state index >= 15 is 0 Å². The Bertz CT molecular complexity index is 1470. The number of methoxy groups -OCH3 is 1. The molecule has 1 aliphatic rings. The van der Waals surface area contributed by atoms with Crippen LogP contribution in [0.3, 0.4) is 0 Å². The number of H-pyrrole nitrogens is 1. The van der Waals surface area contributed by atoms with E-state index in [9.17, 15) is 9.59 Å². The highest BCUT2D eigenvalue weighted by molar-refractivity contribution is 6.66. The van der Waals surface area contributed by atoms with Crippen molar-refractivity contribution >= 4 is 52.8 Å². The molecule has 0 radical (unpaired) electrons. The molecule has 2 heterocycles. The SMILES string of the molecule is COC(=O)C1=C(C)NC(C)=C(C(=O)OCC=Cc2ccc(Cc3ncc[nH]3)cc2)C1c1cccc(C(Cl)(Cl)Cl)c1. The van der Waals surface area contributed by atoms with Crippen LogP contribution < -0.4 is 5.32 Å². The van der Waals surface area contributed by atoms with Gasteiger partial charge in [-0.05, 0) is 36.6 Å². The summed E-state index contributed by atoms with van der Waals surface area (Å²) < 4.78 is 8.99. The van der Waals surface area contributed by atoms with Gasteiger partial charge in [0.1, 0.15) is 12.4 Å². The van der Waals surface area contributed by atoms with Gasteiger partial charge in [-0.25, -0.2) is 14.6 Å². The number of nitrogens with zero attached hydrogens (tertiary/aromatic N) is 1. The Morgan fingerprint density at radius 2 is 1.73 bits per heavy atom. The van der Waals surface area contributed by atoms with Gasteiger partial charge in [0.25, 0.3) is 0 Å². The van der Waals surface area contributed by atoms with E-state index in [0.717, 1.165) is 17.0 Å². The fourth-order valence-corrected chi connectivity index (χ4v) is 4.95. The lowest BCUT2D eigenvalue weighted by Gasteiger charge is -2.30. The van der Waals surface area contributed by atoms with Crippen LogP contribution in [0.4, 0.5) is 0 Å². The Morgan fingerprint density at radius 1 is 1.02 bits per heavy atom. The summed E-state index contributed by atoms with van der Waals surface area (Å²) in [7, 11) is 1.29. The molecule has 1 unspecified atom stereocenters. The Hall–Kier alpha value is -3.52. The number of allylic oxidation sites excluding steroid dienone is 2. The second-order valence-corrected chi connectivity index (χ2v) is 11.5. The molecule has 0 amide bonds. The van der Waals surface area contributed by atoms with E-state index in [4.69, 9.17) is 44.3 Å². The minimum absolute atomic E-state index is 0.0287. The maximum absolute atomic E-state index is 13.4. The zero-order valence-corrected chi connectivity index (χ0v) is 24.4. The van der Waals surface area contributed by atoms with E-state index in [2.05, 4.69) is 15.3 Å². The van der Waals surface area contributed by atoms with Crippen molar-refractivity contribution in [3.05, 3.63) is 118 Å². The van der Waals surface area contributed by atoms with Crippen molar-refractivity contribution in [2.45, 2.75) is 30.0 Å². The van der Waals surface area contributed by atoms with E-state index in [1.807, 2.05) is 30.3 Å². The van der Waals surface area contributed by atoms with Crippen molar-refractivity contribution in [1.29, 1.82) is 0 Å². The van der Waals surface area contributed by atoms with Gasteiger partial charge in [0, 0.05) is 35.8 Å². The first-order chi connectivity index (χ1) is 19.1. The number of nitrogens with one attached hydrogen (secondary N) is 2. The molecule has 208 valence electrons. The van der Waals surface area contributed by atoms with Gasteiger partial charge in [0.05, 0.1) is 24.2 Å². The van der Waals surface area contributed by atoms with Crippen LogP contribution in [0.2, 0.25) is 0 Å². The van der Waals surface area contributed by atoms with Crippen molar-refractivity contribution in [2.24, 2.45) is 0 Å². The van der Waals surface area contributed by atoms with E-state index < -0.39 is 21.6 Å². The number of hydrogen-bond donors (Lipinski definition) is 2. The third-order valence-corrected chi connectivity index (χ3v) is 7.11. The molecule has 40 heavy (non-hydrogen) atoms. The van der Waals surface area contributed by atoms with Crippen molar-refractivity contribution in [1.82, 2.24) is 15.3 Å². The number of imidazole rings is 1. The number of ether oxygens (including phenoxy) is 2. The average Bonchev–Trinajstić information content (AvgIpc) is 3.44. The third-order valence-electron chi connectivity index (χ3n) is 6.46. The summed E-state index contributed by atoms with van der Waals surface area (Å²) in [5.41, 5.74) is 4.72. The van der Waals surface area contributed by atoms with Crippen molar-refractivity contribution in [3.63, 3.8) is 0 Å². The van der Waals surface area contributed by atoms with Crippen LogP contribution in [0.1, 0.15) is 47.8 Å². The fourth-order valence-electron chi connectivity index (χ4n) is 4.59. The number of hydrogen-bond acceptors (Lipinski definition) is 6. The summed E-state index contributed by atoms with van der Waals surface area (Å²) >= 11 is 18.4. The topological polar surface area (TPSA) is 93.3 Å². The Kier molecular flexibility index (Phi) is 9.40. The zero-order valence-electron chi connectivity index (χ0n) is 22.1. The molecule has 4 rings (SSSR count). The van der Waals surface area contributed by atoms with Crippen LogP contribution in [-0.4, -0.2) is 35.6 Å². The molecular formula is C30H28Cl3N3O4. The van der Waals surface area contributed by atoms with Crippen molar-refractivity contribution in [2.75, 3.05) is 13.7 Å². The number of dihydropyridines is 1. The normalized spacial score (nSPS) is 15.8. The van der Waals surface area contributed by atoms with E-state index in [-0.39, 0.29) is 17.8 Å². The molecule has 2 aromatic carbocycles. The Morgan fingerprint density at radius 3 is 2.35 bits per heavy atom. The minimum Gasteiger partial charge on any atom is -0.466 e. The quantitative estimate of drug-likeness (QED) is 0.227. The second kappa shape index (κ2) is 12.8. The van der Waals surface area contributed by atoms with Gasteiger partial charge < -0.3 is 19.8 Å². The molecule has 0 aliphatic carbocycles. The third kappa shape index (κ3) is 6.97. The molecule has 2 N–H and O–H groups in total. The number of alkyl halides is 3. The van der Waals surface area contributed by atoms with Gasteiger partial charge in [-0.2, -0.15) is 0 Å². The maximum atomic E-state index is 13.4. The molecule has 1 aromatic heterocycles. The Balaban J connectivity index is 1.52. The predicted molar refractivity (Wildman–Crippen MR) is 157 cm³/mol. The standard InChI is InChI=1S/C30H28Cl3N3O4/c1-18-25(28(37)39-3)27(22-7-4-8-23(17-22)30(31,32)33)26(19(2)36-18)29(38)40-15-5-6-20-9-11-21(12-10-20)16-24-34-13-14-35-24/h4-14,17,27,36H,15-16H2,1-3H3,(H,34,35). The van der Waals surface area contributed by atoms with Crippen LogP contribution in [0.5, 0.6) is 0 Å². The molecule has 1 atom stereocenters. The van der Waals surface area contributed by atoms with E-state index in [0.29, 0.717) is 28.9 Å². The first-order valence-corrected chi connectivity index (χ1v) is 13.6. The lowest BCUT2D eigenvalue weighted by atomic mass is 9.80. The van der Waals surface area contributed by atoms with Gasteiger partial charge in [0.2, 0.25) is 3.79 Å². The molecule has 0 saturated carbocycles. The summed E-state index contributed by atoms with van der Waals surface area (Å²) in [5, 5.41) is 3.11. The lowest BCUT2D eigenvalue weighted by Crippen LogP contribution is -2.32. The van der Waals surface area contributed by atoms with Crippen molar-refractivity contribution < 1.29 is 19.1 Å². The molecule has 0 bridgehead atoms. The van der Waals surface area contributed by atoms with Crippen LogP contribution in [0.25, 0.3) is 6.08 Å². The van der Waals surface area contributed by atoms with Crippen molar-refractivity contribution in [3.8, 4) is 0 Å². The number of esters is 2. The Labute approximate surface area is 247 Å². The summed E-state index contributed by atoms with van der Waals surface area (Å²) in [6.45, 7) is 3.52. The second-order valence-electron chi connectivity index (χ2n) is 9.21. The number of benzene rings is 2. The molecule has 0 spiro atoms. The minimum atomic E-state index is -1.69. The van der Waals surface area contributed by atoms with E-state index in [1.165, 1.54) is 7.11 Å². The first kappa shape index (κ1) is 29.5. The molecule has 10 heteroatoms. The molecule has 3 aromatic rings. The largest absolute Gasteiger partial charge is 0.466 e. The number of halogens is 3. The zero-order chi connectivity index (χ0) is 28.9. The lowest BCUT2D eigenvalue weighted by molar-refractivity contribution is -0.138. The number of aromatic amines is 1. The van der Waals surface area contributed by atoms with Gasteiger partial charge in [-0.1, -0.05) is 89.4 Å². The summed E-state index contributed by atoms with van der Waals surface area (Å²) in [6, 6.07) is 14.8. The number of rotatable bonds is 8. The van der Waals surface area contributed by atoms with Crippen LogP contribution in [0, 0.1) is 0 Å². The molecule has 0 fully saturated rings. The van der Waals surface area contributed by atoms with E-state index in [1.54, 1.807) is 56.6 Å². The molecular weight excluding hydrogens is 573 g/mol. The van der Waals surface area contributed by atoms with Crippen LogP contribution in [0.15, 0.2) is 89.5 Å². The monoisotopic (exact) mass is 599 g/mol. The summed E-state index contributed by atoms with van der Waals surface area (Å²) in [5.74, 6) is -1.06. The first-order valence-electron chi connectivity index (χ1n) is 12.4. The van der Waals surface area contributed by atoms with Crippen LogP contribution in [-0.2, 0) is 29.3 Å². The maximum Gasteiger partial charge on any atom is 0.337 e. The highest BCUT2D eigenvalue weighted by Crippen LogP contribution is 2.43. The number of aromatic nitrogens is 2.